The van der Waals surface area contributed by atoms with Crippen molar-refractivity contribution >= 4 is 11.5 Å². The van der Waals surface area contributed by atoms with Crippen molar-refractivity contribution in [2.24, 2.45) is 16.2 Å². The van der Waals surface area contributed by atoms with Gasteiger partial charge < -0.3 is 10.2 Å². The Kier molecular flexibility index (Phi) is 4.79. The first-order chi connectivity index (χ1) is 15.9. The monoisotopic (exact) mass is 456 g/mol. The third kappa shape index (κ3) is 2.73. The van der Waals surface area contributed by atoms with Gasteiger partial charge in [0.15, 0.2) is 5.78 Å². The molecular formula is C31H36O3. The Morgan fingerprint density at radius 2 is 1.85 bits per heavy atom. The van der Waals surface area contributed by atoms with Crippen molar-refractivity contribution in [1.29, 1.82) is 0 Å². The maximum absolute atomic E-state index is 14.5. The number of phenolic OH excluding ortho intramolecular Hbond substituents is 1. The predicted octanol–water partition coefficient (Wildman–Crippen LogP) is 7.50. The van der Waals surface area contributed by atoms with E-state index in [-0.39, 0.29) is 28.6 Å². The van der Waals surface area contributed by atoms with Crippen molar-refractivity contribution in [1.82, 2.24) is 0 Å². The van der Waals surface area contributed by atoms with Gasteiger partial charge in [0.25, 0.3) is 0 Å². The van der Waals surface area contributed by atoms with Gasteiger partial charge in [-0.3, -0.25) is 4.79 Å². The number of ketones is 1. The van der Waals surface area contributed by atoms with Gasteiger partial charge in [0.1, 0.15) is 11.5 Å². The lowest BCUT2D eigenvalue weighted by atomic mass is 9.42. The Bertz CT molecular complexity index is 1270. The molecule has 0 bridgehead atoms. The highest BCUT2D eigenvalue weighted by atomic mass is 16.3. The summed E-state index contributed by atoms with van der Waals surface area (Å²) in [7, 11) is 0. The van der Waals surface area contributed by atoms with Gasteiger partial charge in [-0.1, -0.05) is 56.4 Å². The van der Waals surface area contributed by atoms with Crippen LogP contribution >= 0.6 is 0 Å². The first-order valence-electron chi connectivity index (χ1n) is 12.4. The molecule has 4 aliphatic carbocycles. The number of hydrogen-bond acceptors (Lipinski definition) is 3. The van der Waals surface area contributed by atoms with Gasteiger partial charge in [-0.2, -0.15) is 0 Å². The van der Waals surface area contributed by atoms with Gasteiger partial charge in [0.05, 0.1) is 11.0 Å². The molecule has 178 valence electrons. The number of rotatable bonds is 2. The second-order valence-corrected chi connectivity index (χ2v) is 11.9. The van der Waals surface area contributed by atoms with Crippen LogP contribution in [0.1, 0.15) is 82.9 Å². The molecule has 2 N–H and O–H groups in total. The maximum atomic E-state index is 14.5. The number of benzene rings is 1. The highest BCUT2D eigenvalue weighted by Crippen LogP contribution is 2.68. The van der Waals surface area contributed by atoms with E-state index in [9.17, 15) is 15.0 Å². The van der Waals surface area contributed by atoms with Crippen molar-refractivity contribution in [3.05, 3.63) is 82.0 Å². The van der Waals surface area contributed by atoms with Gasteiger partial charge >= 0.3 is 0 Å². The van der Waals surface area contributed by atoms with Crippen LogP contribution in [-0.2, 0) is 11.2 Å². The van der Waals surface area contributed by atoms with E-state index < -0.39 is 10.8 Å². The summed E-state index contributed by atoms with van der Waals surface area (Å²) >= 11 is 0. The molecule has 0 radical (unpaired) electrons. The topological polar surface area (TPSA) is 57.5 Å². The first-order valence-corrected chi connectivity index (χ1v) is 12.4. The largest absolute Gasteiger partial charge is 0.507 e. The van der Waals surface area contributed by atoms with Gasteiger partial charge in [0, 0.05) is 16.9 Å². The van der Waals surface area contributed by atoms with Crippen LogP contribution in [0.4, 0.5) is 0 Å². The number of Topliss-reactive ketones (excluding diaryl/α,β-unsaturated/α-hetero) is 1. The van der Waals surface area contributed by atoms with Gasteiger partial charge in [-0.05, 0) is 86.6 Å². The fourth-order valence-electron chi connectivity index (χ4n) is 7.87. The van der Waals surface area contributed by atoms with E-state index in [2.05, 4.69) is 46.1 Å². The smallest absolute Gasteiger partial charge is 0.173 e. The average Bonchev–Trinajstić information content (AvgIpc) is 3.24. The van der Waals surface area contributed by atoms with E-state index in [4.69, 9.17) is 0 Å². The highest BCUT2D eigenvalue weighted by Gasteiger charge is 2.64. The van der Waals surface area contributed by atoms with Gasteiger partial charge in [0.2, 0.25) is 0 Å². The maximum Gasteiger partial charge on any atom is 0.173 e. The van der Waals surface area contributed by atoms with Gasteiger partial charge in [-0.15, -0.1) is 0 Å². The summed E-state index contributed by atoms with van der Waals surface area (Å²) < 4.78 is 0. The van der Waals surface area contributed by atoms with Crippen LogP contribution in [0.5, 0.6) is 5.75 Å². The Labute approximate surface area is 203 Å². The molecule has 4 atom stereocenters. The summed E-state index contributed by atoms with van der Waals surface area (Å²) in [5.74, 6) is 0.216. The van der Waals surface area contributed by atoms with Crippen LogP contribution in [-0.4, -0.2) is 16.0 Å². The number of aliphatic hydroxyl groups is 1. The summed E-state index contributed by atoms with van der Waals surface area (Å²) in [5, 5.41) is 22.5. The molecule has 4 aliphatic rings. The predicted molar refractivity (Wildman–Crippen MR) is 138 cm³/mol. The van der Waals surface area contributed by atoms with Gasteiger partial charge in [-0.25, -0.2) is 0 Å². The molecular weight excluding hydrogens is 420 g/mol. The summed E-state index contributed by atoms with van der Waals surface area (Å²) in [4.78, 5) is 14.5. The number of carbonyl (C=O) groups excluding carboxylic acids is 1. The molecule has 0 aliphatic heterocycles. The van der Waals surface area contributed by atoms with E-state index in [0.29, 0.717) is 17.6 Å². The minimum absolute atomic E-state index is 0.0416. The number of carbonyl (C=O) groups is 1. The molecule has 3 heteroatoms. The van der Waals surface area contributed by atoms with E-state index in [0.717, 1.165) is 53.5 Å². The number of aliphatic hydroxyl groups excluding tert-OH is 1. The fraction of sp³-hybridized carbons (Fsp3) is 0.452. The third-order valence-corrected chi connectivity index (χ3v) is 9.47. The molecule has 0 heterocycles. The minimum Gasteiger partial charge on any atom is -0.507 e. The number of allylic oxidation sites excluding steroid dienone is 7. The quantitative estimate of drug-likeness (QED) is 0.453. The van der Waals surface area contributed by atoms with Crippen LogP contribution in [0.15, 0.2) is 65.3 Å². The van der Waals surface area contributed by atoms with Crippen molar-refractivity contribution in [2.45, 2.75) is 72.6 Å². The molecule has 0 spiro atoms. The third-order valence-electron chi connectivity index (χ3n) is 9.47. The Hall–Kier alpha value is -2.81. The Morgan fingerprint density at radius 1 is 1.15 bits per heavy atom. The zero-order chi connectivity index (χ0) is 24.8. The molecule has 1 aromatic carbocycles. The minimum atomic E-state index is -0.845. The fourth-order valence-corrected chi connectivity index (χ4v) is 7.87. The number of aromatic hydroxyl groups is 1. The zero-order valence-corrected chi connectivity index (χ0v) is 21.1. The lowest BCUT2D eigenvalue weighted by Crippen LogP contribution is -2.58. The summed E-state index contributed by atoms with van der Waals surface area (Å²) in [6.07, 6.45) is 8.70. The van der Waals surface area contributed by atoms with Crippen LogP contribution < -0.4 is 0 Å². The highest BCUT2D eigenvalue weighted by molar-refractivity contribution is 6.10. The molecule has 1 saturated carbocycles. The van der Waals surface area contributed by atoms with Crippen LogP contribution in [0.3, 0.4) is 0 Å². The molecule has 0 aromatic heterocycles. The van der Waals surface area contributed by atoms with Crippen LogP contribution in [0.25, 0.3) is 5.76 Å². The summed E-state index contributed by atoms with van der Waals surface area (Å²) in [6.45, 7) is 19.0. The lowest BCUT2D eigenvalue weighted by Gasteiger charge is -2.60. The average molecular weight is 457 g/mol. The second kappa shape index (κ2) is 7.10. The zero-order valence-electron chi connectivity index (χ0n) is 21.1. The molecule has 5 rings (SSSR count). The molecule has 1 aromatic rings. The summed E-state index contributed by atoms with van der Waals surface area (Å²) in [5.41, 5.74) is 5.32. The lowest BCUT2D eigenvalue weighted by molar-refractivity contribution is -0.136. The van der Waals surface area contributed by atoms with Crippen molar-refractivity contribution < 1.29 is 15.0 Å². The Balaban J connectivity index is 1.75. The molecule has 1 unspecified atom stereocenters. The van der Waals surface area contributed by atoms with Crippen molar-refractivity contribution in [3.63, 3.8) is 0 Å². The molecule has 3 nitrogen and oxygen atoms in total. The Morgan fingerprint density at radius 3 is 2.47 bits per heavy atom. The van der Waals surface area contributed by atoms with E-state index in [1.807, 2.05) is 19.9 Å². The van der Waals surface area contributed by atoms with Crippen molar-refractivity contribution in [2.75, 3.05) is 0 Å². The van der Waals surface area contributed by atoms with E-state index in [1.54, 1.807) is 6.07 Å². The molecule has 0 saturated heterocycles. The normalized spacial score (nSPS) is 34.8. The number of phenols is 1. The van der Waals surface area contributed by atoms with Crippen LogP contribution in [0, 0.1) is 16.2 Å². The number of hydrogen-bond donors (Lipinski definition) is 2. The SMILES string of the molecule is C=C(C)C1=C(C)C[C@@]2(C)C[C@@]3(C)Cc4c(C5C=CCC5)ccc(O)c4C(O)=C3C(=O)[C@@]2(C)C1=C. The standard InChI is InChI=1S/C31H36O3/c1-17(2)24-18(3)14-30(6)16-29(5)15-22-21(20-10-8-9-11-20)12-13-23(32)25(22)27(33)26(29)28(34)31(30,7)19(24)4/h8,10,12-13,20,32-33H,1,4,9,11,14-16H2,2-3,5-7H3/t20?,29-,30+,31-/m1/s1. The molecule has 1 fully saturated rings. The van der Waals surface area contributed by atoms with E-state index in [1.165, 1.54) is 5.57 Å². The summed E-state index contributed by atoms with van der Waals surface area (Å²) in [6, 6.07) is 3.67. The molecule has 0 amide bonds. The van der Waals surface area contributed by atoms with Crippen molar-refractivity contribution in [3.8, 4) is 5.75 Å². The first kappa shape index (κ1) is 23.0. The number of fused-ring (bicyclic) bond motifs is 3. The molecule has 34 heavy (non-hydrogen) atoms. The van der Waals surface area contributed by atoms with Crippen LogP contribution in [0.2, 0.25) is 0 Å². The second-order valence-electron chi connectivity index (χ2n) is 11.9. The van der Waals surface area contributed by atoms with E-state index >= 15 is 0 Å².